The fourth-order valence-corrected chi connectivity index (χ4v) is 5.52. The van der Waals surface area contributed by atoms with E-state index in [-0.39, 0.29) is 11.8 Å². The maximum atomic E-state index is 11.5. The molecule has 7 heteroatoms. The Morgan fingerprint density at radius 1 is 1.21 bits per heavy atom. The summed E-state index contributed by atoms with van der Waals surface area (Å²) < 4.78 is 17.6. The molecule has 6 unspecified atom stereocenters. The Labute approximate surface area is 147 Å². The molecule has 0 N–H and O–H groups in total. The minimum atomic E-state index is -0.911. The first kappa shape index (κ1) is 17.0. The van der Waals surface area contributed by atoms with E-state index in [2.05, 4.69) is 6.92 Å². The van der Waals surface area contributed by atoms with Crippen molar-refractivity contribution in [2.75, 3.05) is 0 Å². The van der Waals surface area contributed by atoms with Gasteiger partial charge in [-0.05, 0) is 44.9 Å². The standard InChI is InChI=1S/C17H25ClO6/c1-9-5-6-12-16(4,18)13(20-10(2)19)21-14-17(12)11(9)7-8-15(3,22-14)23-24-17/h9,11-14H,5-8H2,1-4H3/t9-,11?,12?,13?,14?,15+,16?,17?/m1/s1. The maximum absolute atomic E-state index is 11.5. The molecular weight excluding hydrogens is 336 g/mol. The topological polar surface area (TPSA) is 63.2 Å². The Balaban J connectivity index is 1.79. The van der Waals surface area contributed by atoms with Crippen LogP contribution in [0.1, 0.15) is 53.4 Å². The Kier molecular flexibility index (Phi) is 3.76. The summed E-state index contributed by atoms with van der Waals surface area (Å²) in [6.45, 7) is 7.30. The number of halogens is 1. The Bertz CT molecular complexity index is 553. The number of fused-ring (bicyclic) bond motifs is 2. The molecule has 1 saturated carbocycles. The van der Waals surface area contributed by atoms with E-state index in [1.165, 1.54) is 6.92 Å². The van der Waals surface area contributed by atoms with Crippen LogP contribution in [-0.4, -0.2) is 34.8 Å². The molecule has 0 radical (unpaired) electrons. The smallest absolute Gasteiger partial charge is 0.305 e. The molecule has 4 heterocycles. The highest BCUT2D eigenvalue weighted by atomic mass is 35.5. The molecule has 2 bridgehead atoms. The van der Waals surface area contributed by atoms with Crippen LogP contribution in [0.3, 0.4) is 0 Å². The SMILES string of the molecule is CC(=O)OC1OC2O[C@]3(C)CCC4[C@H](C)CCC(C1(C)Cl)C24OO3. The second-order valence-electron chi connectivity index (χ2n) is 8.08. The average molecular weight is 361 g/mol. The normalized spacial score (nSPS) is 56.3. The van der Waals surface area contributed by atoms with Gasteiger partial charge in [0.2, 0.25) is 12.1 Å². The van der Waals surface area contributed by atoms with Crippen LogP contribution in [0.15, 0.2) is 0 Å². The molecule has 136 valence electrons. The fourth-order valence-electron chi connectivity index (χ4n) is 5.15. The number of ether oxygens (including phenoxy) is 3. The number of hydrogen-bond acceptors (Lipinski definition) is 6. The molecule has 4 saturated heterocycles. The average Bonchev–Trinajstić information content (AvgIpc) is 2.70. The van der Waals surface area contributed by atoms with Crippen molar-refractivity contribution in [3.63, 3.8) is 0 Å². The predicted molar refractivity (Wildman–Crippen MR) is 83.7 cm³/mol. The van der Waals surface area contributed by atoms with Crippen molar-refractivity contribution in [3.05, 3.63) is 0 Å². The summed E-state index contributed by atoms with van der Waals surface area (Å²) in [5.74, 6) is -0.692. The molecule has 0 aromatic heterocycles. The molecule has 4 aliphatic heterocycles. The monoisotopic (exact) mass is 360 g/mol. The second-order valence-corrected chi connectivity index (χ2v) is 8.90. The first-order chi connectivity index (χ1) is 11.2. The minimum absolute atomic E-state index is 0.0985. The van der Waals surface area contributed by atoms with Crippen LogP contribution >= 0.6 is 11.6 Å². The first-order valence-electron chi connectivity index (χ1n) is 8.75. The van der Waals surface area contributed by atoms with Crippen molar-refractivity contribution in [2.45, 2.75) is 82.2 Å². The molecular formula is C17H25ClO6. The summed E-state index contributed by atoms with van der Waals surface area (Å²) in [5.41, 5.74) is -0.763. The van der Waals surface area contributed by atoms with Crippen molar-refractivity contribution in [3.8, 4) is 0 Å². The summed E-state index contributed by atoms with van der Waals surface area (Å²) in [6, 6.07) is 0. The van der Waals surface area contributed by atoms with Gasteiger partial charge >= 0.3 is 5.97 Å². The lowest BCUT2D eigenvalue weighted by Crippen LogP contribution is -2.74. The van der Waals surface area contributed by atoms with Crippen LogP contribution in [0.2, 0.25) is 0 Å². The van der Waals surface area contributed by atoms with Crippen LogP contribution in [-0.2, 0) is 28.8 Å². The number of esters is 1. The van der Waals surface area contributed by atoms with Crippen molar-refractivity contribution in [1.29, 1.82) is 0 Å². The second kappa shape index (κ2) is 5.30. The highest BCUT2D eigenvalue weighted by Crippen LogP contribution is 2.62. The lowest BCUT2D eigenvalue weighted by molar-refractivity contribution is -0.574. The summed E-state index contributed by atoms with van der Waals surface area (Å²) in [7, 11) is 0. The highest BCUT2D eigenvalue weighted by molar-refractivity contribution is 6.24. The minimum Gasteiger partial charge on any atom is -0.434 e. The van der Waals surface area contributed by atoms with Crippen LogP contribution in [0.5, 0.6) is 0 Å². The molecule has 0 aromatic carbocycles. The molecule has 6 nitrogen and oxygen atoms in total. The summed E-state index contributed by atoms with van der Waals surface area (Å²) >= 11 is 6.90. The first-order valence-corrected chi connectivity index (χ1v) is 9.13. The van der Waals surface area contributed by atoms with E-state index in [0.717, 1.165) is 25.7 Å². The van der Waals surface area contributed by atoms with Crippen LogP contribution in [0.4, 0.5) is 0 Å². The van der Waals surface area contributed by atoms with Gasteiger partial charge in [-0.3, -0.25) is 4.79 Å². The number of rotatable bonds is 1. The largest absolute Gasteiger partial charge is 0.434 e. The molecule has 8 atom stereocenters. The van der Waals surface area contributed by atoms with E-state index >= 15 is 0 Å². The zero-order chi connectivity index (χ0) is 17.3. The predicted octanol–water partition coefficient (Wildman–Crippen LogP) is 3.12. The van der Waals surface area contributed by atoms with Gasteiger partial charge in [0, 0.05) is 19.3 Å². The van der Waals surface area contributed by atoms with E-state index in [1.54, 1.807) is 0 Å². The van der Waals surface area contributed by atoms with Gasteiger partial charge in [-0.1, -0.05) is 6.92 Å². The van der Waals surface area contributed by atoms with Crippen LogP contribution in [0, 0.1) is 17.8 Å². The number of hydrogen-bond donors (Lipinski definition) is 0. The van der Waals surface area contributed by atoms with Crippen LogP contribution in [0.25, 0.3) is 0 Å². The van der Waals surface area contributed by atoms with Crippen molar-refractivity contribution < 1.29 is 28.8 Å². The van der Waals surface area contributed by atoms with E-state index in [4.69, 9.17) is 35.6 Å². The quantitative estimate of drug-likeness (QED) is 0.406. The van der Waals surface area contributed by atoms with E-state index in [9.17, 15) is 4.79 Å². The zero-order valence-electron chi connectivity index (χ0n) is 14.5. The molecule has 5 rings (SSSR count). The van der Waals surface area contributed by atoms with Gasteiger partial charge in [0.05, 0.1) is 0 Å². The molecule has 5 aliphatic rings. The molecule has 24 heavy (non-hydrogen) atoms. The molecule has 1 aliphatic carbocycles. The lowest BCUT2D eigenvalue weighted by atomic mass is 9.58. The Hall–Kier alpha value is -0.400. The van der Waals surface area contributed by atoms with Crippen LogP contribution < -0.4 is 0 Å². The van der Waals surface area contributed by atoms with Gasteiger partial charge < -0.3 is 14.2 Å². The van der Waals surface area contributed by atoms with Gasteiger partial charge in [-0.15, -0.1) is 11.6 Å². The van der Waals surface area contributed by atoms with Crippen molar-refractivity contribution in [1.82, 2.24) is 0 Å². The van der Waals surface area contributed by atoms with E-state index in [0.29, 0.717) is 5.92 Å². The maximum Gasteiger partial charge on any atom is 0.305 e. The van der Waals surface area contributed by atoms with Gasteiger partial charge in [0.25, 0.3) is 0 Å². The number of alkyl halides is 1. The van der Waals surface area contributed by atoms with Crippen molar-refractivity contribution in [2.24, 2.45) is 17.8 Å². The summed E-state index contributed by atoms with van der Waals surface area (Å²) in [4.78, 5) is 22.3. The van der Waals surface area contributed by atoms with Gasteiger partial charge in [0.1, 0.15) is 4.87 Å². The Morgan fingerprint density at radius 3 is 2.67 bits per heavy atom. The molecule has 1 spiro atoms. The molecule has 0 aromatic rings. The fraction of sp³-hybridized carbons (Fsp3) is 0.941. The van der Waals surface area contributed by atoms with E-state index in [1.807, 2.05) is 13.8 Å². The lowest BCUT2D eigenvalue weighted by Gasteiger charge is -2.61. The summed E-state index contributed by atoms with van der Waals surface area (Å²) in [6.07, 6.45) is 2.01. The van der Waals surface area contributed by atoms with Gasteiger partial charge in [0.15, 0.2) is 11.9 Å². The third-order valence-electron chi connectivity index (χ3n) is 6.38. The third kappa shape index (κ3) is 2.20. The van der Waals surface area contributed by atoms with Gasteiger partial charge in [-0.2, -0.15) is 0 Å². The Morgan fingerprint density at radius 2 is 1.96 bits per heavy atom. The van der Waals surface area contributed by atoms with E-state index < -0.39 is 34.8 Å². The molecule has 5 fully saturated rings. The zero-order valence-corrected chi connectivity index (χ0v) is 15.3. The third-order valence-corrected chi connectivity index (χ3v) is 6.82. The highest BCUT2D eigenvalue weighted by Gasteiger charge is 2.73. The summed E-state index contributed by atoms with van der Waals surface area (Å²) in [5, 5.41) is 0. The number of carbonyl (C=O) groups excluding carboxylic acids is 1. The number of carbonyl (C=O) groups is 1. The van der Waals surface area contributed by atoms with Crippen molar-refractivity contribution >= 4 is 17.6 Å². The molecule has 0 amide bonds. The van der Waals surface area contributed by atoms with Gasteiger partial charge in [-0.25, -0.2) is 9.78 Å².